The lowest BCUT2D eigenvalue weighted by molar-refractivity contribution is -0.142. The summed E-state index contributed by atoms with van der Waals surface area (Å²) in [5.74, 6) is 0. The smallest absolute Gasteiger partial charge is 0.397 e. The first-order valence-corrected chi connectivity index (χ1v) is 4.19. The first-order chi connectivity index (χ1) is 6.91. The number of nitrogens with two attached hydrogens (primary N) is 1. The summed E-state index contributed by atoms with van der Waals surface area (Å²) < 4.78 is 38.7. The Bertz CT molecular complexity index is 513. The molecule has 2 aromatic rings. The number of nitrogens with zero attached hydrogens (tertiary/aromatic N) is 2. The summed E-state index contributed by atoms with van der Waals surface area (Å²) in [6.07, 6.45) is -4.42. The average molecular weight is 215 g/mol. The highest BCUT2D eigenvalue weighted by Crippen LogP contribution is 2.35. The lowest BCUT2D eigenvalue weighted by atomic mass is 10.2. The largest absolute Gasteiger partial charge is 0.433 e. The normalized spacial score (nSPS) is 12.3. The third-order valence-corrected chi connectivity index (χ3v) is 2.16. The number of nitrogen functional groups attached to an aromatic ring is 1. The van der Waals surface area contributed by atoms with Gasteiger partial charge in [0.15, 0.2) is 0 Å². The van der Waals surface area contributed by atoms with Crippen LogP contribution in [0.1, 0.15) is 5.69 Å². The van der Waals surface area contributed by atoms with Crippen molar-refractivity contribution in [2.24, 2.45) is 7.05 Å². The minimum atomic E-state index is -4.42. The molecule has 2 rings (SSSR count). The molecule has 0 radical (unpaired) electrons. The van der Waals surface area contributed by atoms with E-state index in [2.05, 4.69) is 5.10 Å². The van der Waals surface area contributed by atoms with E-state index in [1.165, 1.54) is 25.2 Å². The predicted molar refractivity (Wildman–Crippen MR) is 50.1 cm³/mol. The maximum atomic E-state index is 12.6. The van der Waals surface area contributed by atoms with Crippen LogP contribution in [0.25, 0.3) is 10.9 Å². The van der Waals surface area contributed by atoms with Crippen molar-refractivity contribution in [3.05, 3.63) is 23.9 Å². The maximum absolute atomic E-state index is 12.6. The maximum Gasteiger partial charge on any atom is 0.433 e. The fourth-order valence-corrected chi connectivity index (χ4v) is 1.57. The Morgan fingerprint density at radius 3 is 2.60 bits per heavy atom. The number of hydrogen-bond acceptors (Lipinski definition) is 2. The number of fused-ring (bicyclic) bond motifs is 1. The van der Waals surface area contributed by atoms with Gasteiger partial charge in [-0.2, -0.15) is 18.3 Å². The zero-order valence-electron chi connectivity index (χ0n) is 7.84. The van der Waals surface area contributed by atoms with E-state index < -0.39 is 11.9 Å². The minimum absolute atomic E-state index is 0.0324. The van der Waals surface area contributed by atoms with Gasteiger partial charge in [0.2, 0.25) is 0 Å². The van der Waals surface area contributed by atoms with Gasteiger partial charge in [-0.15, -0.1) is 0 Å². The SMILES string of the molecule is Cn1nc2c(N)cccc2c1C(F)(F)F. The highest BCUT2D eigenvalue weighted by molar-refractivity contribution is 5.91. The van der Waals surface area contributed by atoms with Crippen LogP contribution in [0.15, 0.2) is 18.2 Å². The average Bonchev–Trinajstić information content (AvgIpc) is 2.41. The van der Waals surface area contributed by atoms with Crippen molar-refractivity contribution in [1.82, 2.24) is 9.78 Å². The van der Waals surface area contributed by atoms with E-state index in [0.29, 0.717) is 0 Å². The second kappa shape index (κ2) is 2.88. The Morgan fingerprint density at radius 1 is 1.33 bits per heavy atom. The number of rotatable bonds is 0. The molecule has 3 nitrogen and oxygen atoms in total. The van der Waals surface area contributed by atoms with E-state index in [-0.39, 0.29) is 16.6 Å². The first kappa shape index (κ1) is 9.82. The van der Waals surface area contributed by atoms with E-state index in [1.54, 1.807) is 0 Å². The van der Waals surface area contributed by atoms with Gasteiger partial charge in [0, 0.05) is 12.4 Å². The molecule has 0 saturated heterocycles. The van der Waals surface area contributed by atoms with Crippen LogP contribution in [0.2, 0.25) is 0 Å². The molecule has 2 N–H and O–H groups in total. The van der Waals surface area contributed by atoms with Crippen molar-refractivity contribution < 1.29 is 13.2 Å². The van der Waals surface area contributed by atoms with Crippen LogP contribution in [-0.2, 0) is 13.2 Å². The molecule has 0 atom stereocenters. The van der Waals surface area contributed by atoms with Gasteiger partial charge in [0.1, 0.15) is 11.2 Å². The molecule has 1 aromatic heterocycles. The summed E-state index contributed by atoms with van der Waals surface area (Å²) in [7, 11) is 1.25. The molecule has 1 heterocycles. The van der Waals surface area contributed by atoms with Gasteiger partial charge >= 0.3 is 6.18 Å². The molecule has 15 heavy (non-hydrogen) atoms. The second-order valence-electron chi connectivity index (χ2n) is 3.21. The van der Waals surface area contributed by atoms with E-state index >= 15 is 0 Å². The summed E-state index contributed by atoms with van der Waals surface area (Å²) in [6.45, 7) is 0. The predicted octanol–water partition coefficient (Wildman–Crippen LogP) is 2.17. The quantitative estimate of drug-likeness (QED) is 0.684. The highest BCUT2D eigenvalue weighted by atomic mass is 19.4. The Kier molecular flexibility index (Phi) is 1.89. The zero-order valence-corrected chi connectivity index (χ0v) is 7.84. The molecule has 0 fully saturated rings. The number of aromatic nitrogens is 2. The summed E-state index contributed by atoms with van der Waals surface area (Å²) in [5.41, 5.74) is 5.20. The van der Waals surface area contributed by atoms with Gasteiger partial charge in [-0.25, -0.2) is 0 Å². The van der Waals surface area contributed by atoms with Gasteiger partial charge in [0.05, 0.1) is 5.69 Å². The van der Waals surface area contributed by atoms with Crippen LogP contribution < -0.4 is 5.73 Å². The molecule has 0 aliphatic heterocycles. The molecule has 80 valence electrons. The van der Waals surface area contributed by atoms with Crippen molar-refractivity contribution in [3.63, 3.8) is 0 Å². The van der Waals surface area contributed by atoms with Gasteiger partial charge in [-0.3, -0.25) is 4.68 Å². The van der Waals surface area contributed by atoms with Crippen molar-refractivity contribution in [1.29, 1.82) is 0 Å². The molecule has 0 amide bonds. The molecule has 6 heteroatoms. The van der Waals surface area contributed by atoms with E-state index in [0.717, 1.165) is 4.68 Å². The van der Waals surface area contributed by atoms with Crippen molar-refractivity contribution in [2.45, 2.75) is 6.18 Å². The molecule has 0 aliphatic carbocycles. The zero-order chi connectivity index (χ0) is 11.2. The van der Waals surface area contributed by atoms with Crippen LogP contribution in [0, 0.1) is 0 Å². The Labute approximate surface area is 83.3 Å². The lowest BCUT2D eigenvalue weighted by Crippen LogP contribution is -2.11. The van der Waals surface area contributed by atoms with Crippen LogP contribution in [0.3, 0.4) is 0 Å². The number of benzene rings is 1. The van der Waals surface area contributed by atoms with Crippen LogP contribution >= 0.6 is 0 Å². The topological polar surface area (TPSA) is 43.8 Å². The molecule has 0 spiro atoms. The van der Waals surface area contributed by atoms with Gasteiger partial charge in [0.25, 0.3) is 0 Å². The lowest BCUT2D eigenvalue weighted by Gasteiger charge is -2.06. The third kappa shape index (κ3) is 1.42. The Balaban J connectivity index is 2.86. The van der Waals surface area contributed by atoms with Crippen molar-refractivity contribution in [3.8, 4) is 0 Å². The van der Waals surface area contributed by atoms with Crippen LogP contribution in [0.5, 0.6) is 0 Å². The van der Waals surface area contributed by atoms with Gasteiger partial charge < -0.3 is 5.73 Å². The van der Waals surface area contributed by atoms with E-state index in [4.69, 9.17) is 5.73 Å². The molecule has 0 aliphatic rings. The first-order valence-electron chi connectivity index (χ1n) is 4.19. The molecular formula is C9H8F3N3. The number of halogens is 3. The van der Waals surface area contributed by atoms with Crippen molar-refractivity contribution >= 4 is 16.6 Å². The number of alkyl halides is 3. The molecule has 1 aromatic carbocycles. The summed E-state index contributed by atoms with van der Waals surface area (Å²) in [4.78, 5) is 0. The fraction of sp³-hybridized carbons (Fsp3) is 0.222. The minimum Gasteiger partial charge on any atom is -0.397 e. The summed E-state index contributed by atoms with van der Waals surface area (Å²) in [5, 5.41) is 3.78. The highest BCUT2D eigenvalue weighted by Gasteiger charge is 2.36. The monoisotopic (exact) mass is 215 g/mol. The molecule has 0 unspecified atom stereocenters. The second-order valence-corrected chi connectivity index (χ2v) is 3.21. The van der Waals surface area contributed by atoms with Gasteiger partial charge in [-0.1, -0.05) is 12.1 Å². The third-order valence-electron chi connectivity index (χ3n) is 2.16. The van der Waals surface area contributed by atoms with Crippen molar-refractivity contribution in [2.75, 3.05) is 5.73 Å². The number of aryl methyl sites for hydroxylation is 1. The Hall–Kier alpha value is -1.72. The molecule has 0 bridgehead atoms. The van der Waals surface area contributed by atoms with Crippen LogP contribution in [-0.4, -0.2) is 9.78 Å². The molecular weight excluding hydrogens is 207 g/mol. The van der Waals surface area contributed by atoms with E-state index in [9.17, 15) is 13.2 Å². The van der Waals surface area contributed by atoms with Crippen LogP contribution in [0.4, 0.5) is 18.9 Å². The Morgan fingerprint density at radius 2 is 2.00 bits per heavy atom. The van der Waals surface area contributed by atoms with Gasteiger partial charge in [-0.05, 0) is 6.07 Å². The van der Waals surface area contributed by atoms with E-state index in [1.807, 2.05) is 0 Å². The standard InChI is InChI=1S/C9H8F3N3/c1-15-8(9(10,11)12)5-3-2-4-6(13)7(5)14-15/h2-4H,13H2,1H3. The summed E-state index contributed by atoms with van der Waals surface area (Å²) >= 11 is 0. The fourth-order valence-electron chi connectivity index (χ4n) is 1.57. The molecule has 0 saturated carbocycles. The summed E-state index contributed by atoms with van der Waals surface area (Å²) in [6, 6.07) is 4.37. The number of anilines is 1. The number of hydrogen-bond donors (Lipinski definition) is 1.